The lowest BCUT2D eigenvalue weighted by Gasteiger charge is -2.14. The van der Waals surface area contributed by atoms with Crippen molar-refractivity contribution in [1.29, 1.82) is 0 Å². The van der Waals surface area contributed by atoms with Crippen LogP contribution in [0.5, 0.6) is 0 Å². The fourth-order valence-corrected chi connectivity index (χ4v) is 3.42. The molecule has 0 spiro atoms. The molecule has 4 heteroatoms. The topological polar surface area (TPSA) is 12.0 Å². The van der Waals surface area contributed by atoms with Crippen LogP contribution in [0.3, 0.4) is 0 Å². The van der Waals surface area contributed by atoms with Gasteiger partial charge in [0.25, 0.3) is 0 Å². The molecule has 0 saturated carbocycles. The molecular weight excluding hydrogens is 313 g/mol. The van der Waals surface area contributed by atoms with Crippen molar-refractivity contribution in [2.24, 2.45) is 0 Å². The Kier molecular flexibility index (Phi) is 4.54. The predicted octanol–water partition coefficient (Wildman–Crippen LogP) is 4.99. The molecule has 0 amide bonds. The van der Waals surface area contributed by atoms with Crippen LogP contribution in [0.15, 0.2) is 33.4 Å². The molecule has 0 aliphatic rings. The number of hydrogen-bond donors (Lipinski definition) is 1. The molecule has 2 rings (SSSR count). The maximum absolute atomic E-state index is 13.9. The average Bonchev–Trinajstić information content (AvgIpc) is 2.76. The minimum absolute atomic E-state index is 0.179. The lowest BCUT2D eigenvalue weighted by molar-refractivity contribution is 0.593. The van der Waals surface area contributed by atoms with Gasteiger partial charge in [-0.05, 0) is 52.5 Å². The summed E-state index contributed by atoms with van der Waals surface area (Å²) in [5.41, 5.74) is 2.68. The number of thiophene rings is 1. The number of benzene rings is 1. The maximum Gasteiger partial charge on any atom is 0.131 e. The third-order valence-electron chi connectivity index (χ3n) is 2.91. The van der Waals surface area contributed by atoms with Crippen molar-refractivity contribution >= 4 is 27.3 Å². The van der Waals surface area contributed by atoms with E-state index >= 15 is 0 Å². The average molecular weight is 328 g/mol. The van der Waals surface area contributed by atoms with Crippen LogP contribution >= 0.6 is 27.3 Å². The molecule has 2 aromatic rings. The lowest BCUT2D eigenvalue weighted by Crippen LogP contribution is -2.17. The zero-order valence-electron chi connectivity index (χ0n) is 10.3. The molecule has 0 fully saturated rings. The van der Waals surface area contributed by atoms with E-state index in [1.54, 1.807) is 17.4 Å². The highest BCUT2D eigenvalue weighted by molar-refractivity contribution is 9.10. The van der Waals surface area contributed by atoms with Gasteiger partial charge >= 0.3 is 0 Å². The van der Waals surface area contributed by atoms with E-state index in [0.29, 0.717) is 5.56 Å². The SMILES string of the molecule is CCNC(C)c1ccc(F)c(-c2cscc2Br)c1. The fraction of sp³-hybridized carbons (Fsp3) is 0.286. The molecule has 1 heterocycles. The van der Waals surface area contributed by atoms with Gasteiger partial charge in [0.15, 0.2) is 0 Å². The van der Waals surface area contributed by atoms with Crippen molar-refractivity contribution in [2.75, 3.05) is 6.54 Å². The summed E-state index contributed by atoms with van der Waals surface area (Å²) >= 11 is 5.02. The van der Waals surface area contributed by atoms with Crippen molar-refractivity contribution in [3.05, 3.63) is 44.8 Å². The van der Waals surface area contributed by atoms with Gasteiger partial charge in [0.1, 0.15) is 5.82 Å². The number of hydrogen-bond acceptors (Lipinski definition) is 2. The molecule has 1 aromatic heterocycles. The summed E-state index contributed by atoms with van der Waals surface area (Å²) in [6, 6.07) is 5.54. The van der Waals surface area contributed by atoms with E-state index in [-0.39, 0.29) is 11.9 Å². The molecule has 1 nitrogen and oxygen atoms in total. The first-order valence-electron chi connectivity index (χ1n) is 5.88. The summed E-state index contributed by atoms with van der Waals surface area (Å²) in [6.45, 7) is 5.05. The molecule has 1 aromatic carbocycles. The van der Waals surface area contributed by atoms with Crippen molar-refractivity contribution in [2.45, 2.75) is 19.9 Å². The van der Waals surface area contributed by atoms with Crippen LogP contribution < -0.4 is 5.32 Å². The number of rotatable bonds is 4. The van der Waals surface area contributed by atoms with E-state index in [1.165, 1.54) is 0 Å². The highest BCUT2D eigenvalue weighted by atomic mass is 79.9. The van der Waals surface area contributed by atoms with Crippen LogP contribution in [0.4, 0.5) is 4.39 Å². The number of halogens is 2. The van der Waals surface area contributed by atoms with E-state index in [0.717, 1.165) is 22.1 Å². The molecule has 0 bridgehead atoms. The van der Waals surface area contributed by atoms with Crippen LogP contribution in [0, 0.1) is 5.82 Å². The zero-order chi connectivity index (χ0) is 13.1. The van der Waals surface area contributed by atoms with E-state index in [2.05, 4.69) is 35.1 Å². The minimum Gasteiger partial charge on any atom is -0.310 e. The van der Waals surface area contributed by atoms with E-state index < -0.39 is 0 Å². The van der Waals surface area contributed by atoms with E-state index in [4.69, 9.17) is 0 Å². The summed E-state index contributed by atoms with van der Waals surface area (Å²) in [5, 5.41) is 7.27. The van der Waals surface area contributed by atoms with Crippen molar-refractivity contribution in [3.8, 4) is 11.1 Å². The summed E-state index contributed by atoms with van der Waals surface area (Å²) in [5.74, 6) is -0.179. The molecule has 96 valence electrons. The van der Waals surface area contributed by atoms with Gasteiger partial charge in [0.2, 0.25) is 0 Å². The highest BCUT2D eigenvalue weighted by Gasteiger charge is 2.12. The predicted molar refractivity (Wildman–Crippen MR) is 79.5 cm³/mol. The Labute approximate surface area is 119 Å². The zero-order valence-corrected chi connectivity index (χ0v) is 12.7. The molecule has 18 heavy (non-hydrogen) atoms. The largest absolute Gasteiger partial charge is 0.310 e. The van der Waals surface area contributed by atoms with Gasteiger partial charge in [-0.1, -0.05) is 13.0 Å². The Hall–Kier alpha value is -0.710. The first-order valence-corrected chi connectivity index (χ1v) is 7.62. The van der Waals surface area contributed by atoms with Gasteiger partial charge in [0, 0.05) is 27.0 Å². The molecular formula is C14H15BrFNS. The minimum atomic E-state index is -0.179. The van der Waals surface area contributed by atoms with Gasteiger partial charge in [-0.2, -0.15) is 11.3 Å². The van der Waals surface area contributed by atoms with E-state index in [1.807, 2.05) is 22.9 Å². The quantitative estimate of drug-likeness (QED) is 0.834. The summed E-state index contributed by atoms with van der Waals surface area (Å²) in [6.07, 6.45) is 0. The second-order valence-corrected chi connectivity index (χ2v) is 5.75. The molecule has 0 radical (unpaired) electrons. The maximum atomic E-state index is 13.9. The summed E-state index contributed by atoms with van der Waals surface area (Å²) in [4.78, 5) is 0. The van der Waals surface area contributed by atoms with Crippen LogP contribution in [0.1, 0.15) is 25.5 Å². The second-order valence-electron chi connectivity index (χ2n) is 4.15. The fourth-order valence-electron chi connectivity index (χ4n) is 1.92. The summed E-state index contributed by atoms with van der Waals surface area (Å²) in [7, 11) is 0. The standard InChI is InChI=1S/C14H15BrFNS/c1-3-17-9(2)10-4-5-14(16)11(6-10)12-7-18-8-13(12)15/h4-9,17H,3H2,1-2H3. The van der Waals surface area contributed by atoms with Crippen molar-refractivity contribution < 1.29 is 4.39 Å². The summed E-state index contributed by atoms with van der Waals surface area (Å²) < 4.78 is 14.9. The molecule has 0 saturated heterocycles. The molecule has 0 aliphatic carbocycles. The third-order valence-corrected chi connectivity index (χ3v) is 4.61. The Balaban J connectivity index is 2.42. The van der Waals surface area contributed by atoms with Gasteiger partial charge in [-0.25, -0.2) is 4.39 Å². The molecule has 1 atom stereocenters. The first kappa shape index (κ1) is 13.7. The van der Waals surface area contributed by atoms with Crippen LogP contribution in [-0.4, -0.2) is 6.54 Å². The van der Waals surface area contributed by atoms with Crippen molar-refractivity contribution in [1.82, 2.24) is 5.32 Å². The first-order chi connectivity index (χ1) is 8.63. The third kappa shape index (κ3) is 2.82. The van der Waals surface area contributed by atoms with Gasteiger partial charge in [0.05, 0.1) is 0 Å². The number of nitrogens with one attached hydrogen (secondary N) is 1. The highest BCUT2D eigenvalue weighted by Crippen LogP contribution is 2.34. The molecule has 1 unspecified atom stereocenters. The van der Waals surface area contributed by atoms with Gasteiger partial charge < -0.3 is 5.32 Å². The van der Waals surface area contributed by atoms with Crippen LogP contribution in [-0.2, 0) is 0 Å². The normalized spacial score (nSPS) is 12.7. The monoisotopic (exact) mass is 327 g/mol. The Morgan fingerprint density at radius 2 is 2.11 bits per heavy atom. The van der Waals surface area contributed by atoms with Crippen LogP contribution in [0.25, 0.3) is 11.1 Å². The Morgan fingerprint density at radius 3 is 2.72 bits per heavy atom. The van der Waals surface area contributed by atoms with E-state index in [9.17, 15) is 4.39 Å². The molecule has 0 aliphatic heterocycles. The van der Waals surface area contributed by atoms with Gasteiger partial charge in [-0.3, -0.25) is 0 Å². The Morgan fingerprint density at radius 1 is 1.33 bits per heavy atom. The smallest absolute Gasteiger partial charge is 0.131 e. The Bertz CT molecular complexity index is 538. The lowest BCUT2D eigenvalue weighted by atomic mass is 10.0. The van der Waals surface area contributed by atoms with Gasteiger partial charge in [-0.15, -0.1) is 0 Å². The van der Waals surface area contributed by atoms with Crippen molar-refractivity contribution in [3.63, 3.8) is 0 Å². The molecule has 1 N–H and O–H groups in total. The van der Waals surface area contributed by atoms with Crippen LogP contribution in [0.2, 0.25) is 0 Å². The second kappa shape index (κ2) is 5.95.